The van der Waals surface area contributed by atoms with E-state index < -0.39 is 0 Å². The fraction of sp³-hybridized carbons (Fsp3) is 0.786. The van der Waals surface area contributed by atoms with Gasteiger partial charge in [-0.25, -0.2) is 0 Å². The van der Waals surface area contributed by atoms with Gasteiger partial charge in [-0.05, 0) is 19.8 Å². The van der Waals surface area contributed by atoms with E-state index in [-0.39, 0.29) is 24.1 Å². The summed E-state index contributed by atoms with van der Waals surface area (Å²) in [6, 6.07) is -0.398. The average molecular weight is 296 g/mol. The minimum atomic E-state index is -0.256. The molecule has 0 bridgehead atoms. The maximum Gasteiger partial charge on any atom is 0.237 e. The topological polar surface area (TPSA) is 80.5 Å². The van der Waals surface area contributed by atoms with Crippen LogP contribution in [-0.2, 0) is 9.53 Å². The molecular weight excluding hydrogens is 272 g/mol. The Morgan fingerprint density at radius 1 is 1.57 bits per heavy atom. The average Bonchev–Trinajstić information content (AvgIpc) is 3.02. The molecule has 1 fully saturated rings. The third kappa shape index (κ3) is 4.01. The Morgan fingerprint density at radius 2 is 2.38 bits per heavy atom. The molecule has 1 aliphatic rings. The van der Waals surface area contributed by atoms with Crippen LogP contribution in [0.25, 0.3) is 0 Å². The van der Waals surface area contributed by atoms with Crippen molar-refractivity contribution < 1.29 is 14.1 Å². The number of hydrogen-bond donors (Lipinski definition) is 1. The Kier molecular flexibility index (Phi) is 5.69. The molecule has 0 unspecified atom stereocenters. The number of hydrogen-bond acceptors (Lipinski definition) is 6. The molecule has 1 aliphatic heterocycles. The number of nitrogens with zero attached hydrogens (tertiary/aromatic N) is 3. The Morgan fingerprint density at radius 3 is 3.00 bits per heavy atom. The van der Waals surface area contributed by atoms with Crippen LogP contribution in [0.2, 0.25) is 0 Å². The summed E-state index contributed by atoms with van der Waals surface area (Å²) in [5.41, 5.74) is 0. The summed E-state index contributed by atoms with van der Waals surface area (Å²) in [5.74, 6) is 0.498. The van der Waals surface area contributed by atoms with Crippen LogP contribution in [-0.4, -0.2) is 52.8 Å². The molecule has 0 aromatic carbocycles. The fourth-order valence-electron chi connectivity index (χ4n) is 2.63. The summed E-state index contributed by atoms with van der Waals surface area (Å²) < 4.78 is 10.4. The number of amides is 1. The van der Waals surface area contributed by atoms with Crippen LogP contribution in [0.1, 0.15) is 45.5 Å². The minimum Gasteiger partial charge on any atom is -0.376 e. The molecule has 3 atom stereocenters. The first kappa shape index (κ1) is 15.9. The molecule has 0 aliphatic carbocycles. The monoisotopic (exact) mass is 296 g/mol. The highest BCUT2D eigenvalue weighted by molar-refractivity contribution is 5.82. The number of morpholine rings is 1. The predicted octanol–water partition coefficient (Wildman–Crippen LogP) is 1.14. The van der Waals surface area contributed by atoms with Crippen LogP contribution >= 0.6 is 0 Å². The number of ether oxygens (including phenoxy) is 1. The van der Waals surface area contributed by atoms with Crippen molar-refractivity contribution in [3.63, 3.8) is 0 Å². The maximum absolute atomic E-state index is 12.5. The lowest BCUT2D eigenvalue weighted by Crippen LogP contribution is -2.53. The lowest BCUT2D eigenvalue weighted by atomic mass is 10.1. The van der Waals surface area contributed by atoms with Gasteiger partial charge in [0.05, 0.1) is 24.8 Å². The molecule has 21 heavy (non-hydrogen) atoms. The number of rotatable bonds is 6. The Hall–Kier alpha value is -1.47. The molecule has 7 nitrogen and oxygen atoms in total. The van der Waals surface area contributed by atoms with Gasteiger partial charge in [-0.1, -0.05) is 19.0 Å². The summed E-state index contributed by atoms with van der Waals surface area (Å²) in [5, 5.41) is 6.71. The maximum atomic E-state index is 12.5. The van der Waals surface area contributed by atoms with E-state index in [1.807, 2.05) is 13.8 Å². The summed E-state index contributed by atoms with van der Waals surface area (Å²) in [4.78, 5) is 18.7. The number of carbonyl (C=O) groups excluding carboxylic acids is 1. The van der Waals surface area contributed by atoms with Crippen LogP contribution in [0.3, 0.4) is 0 Å². The predicted molar refractivity (Wildman–Crippen MR) is 76.5 cm³/mol. The lowest BCUT2D eigenvalue weighted by molar-refractivity contribution is -0.131. The first-order chi connectivity index (χ1) is 10.2. The van der Waals surface area contributed by atoms with E-state index in [0.717, 1.165) is 25.9 Å². The van der Waals surface area contributed by atoms with Crippen LogP contribution in [0.15, 0.2) is 10.9 Å². The van der Waals surface area contributed by atoms with Crippen molar-refractivity contribution in [3.8, 4) is 0 Å². The molecule has 1 aromatic rings. The summed E-state index contributed by atoms with van der Waals surface area (Å²) in [6.07, 6.45) is 3.22. The zero-order valence-corrected chi connectivity index (χ0v) is 12.9. The van der Waals surface area contributed by atoms with E-state index in [1.54, 1.807) is 0 Å². The van der Waals surface area contributed by atoms with Gasteiger partial charge in [-0.15, -0.1) is 0 Å². The van der Waals surface area contributed by atoms with E-state index in [0.29, 0.717) is 12.4 Å². The molecule has 7 heteroatoms. The van der Waals surface area contributed by atoms with E-state index in [9.17, 15) is 4.79 Å². The highest BCUT2D eigenvalue weighted by Crippen LogP contribution is 2.15. The molecule has 118 valence electrons. The number of carbonyl (C=O) groups is 1. The zero-order valence-electron chi connectivity index (χ0n) is 12.9. The van der Waals surface area contributed by atoms with Crippen LogP contribution < -0.4 is 5.32 Å². The third-order valence-electron chi connectivity index (χ3n) is 3.88. The first-order valence-corrected chi connectivity index (χ1v) is 7.58. The molecule has 1 saturated heterocycles. The minimum absolute atomic E-state index is 0.00607. The van der Waals surface area contributed by atoms with Gasteiger partial charge >= 0.3 is 0 Å². The van der Waals surface area contributed by atoms with E-state index in [4.69, 9.17) is 9.26 Å². The van der Waals surface area contributed by atoms with Crippen molar-refractivity contribution >= 4 is 5.91 Å². The molecule has 0 saturated carbocycles. The van der Waals surface area contributed by atoms with Gasteiger partial charge in [0, 0.05) is 13.1 Å². The van der Waals surface area contributed by atoms with E-state index in [2.05, 4.69) is 27.3 Å². The van der Waals surface area contributed by atoms with Crippen molar-refractivity contribution in [1.29, 1.82) is 0 Å². The van der Waals surface area contributed by atoms with Gasteiger partial charge in [-0.3, -0.25) is 9.69 Å². The standard InChI is InChI=1S/C14H24N4O3/c1-4-11-8-18(6-7-20-11)12(5-2)14(19)16-10(3)13-15-9-21-17-13/h9-12H,4-8H2,1-3H3,(H,16,19)/t10-,11+,12+/m0/s1. The molecule has 0 radical (unpaired) electrons. The van der Waals surface area contributed by atoms with Gasteiger partial charge in [-0.2, -0.15) is 4.98 Å². The molecule has 2 heterocycles. The van der Waals surface area contributed by atoms with E-state index >= 15 is 0 Å². The Balaban J connectivity index is 1.94. The molecule has 1 aromatic heterocycles. The van der Waals surface area contributed by atoms with Gasteiger partial charge in [0.1, 0.15) is 0 Å². The van der Waals surface area contributed by atoms with Gasteiger partial charge in [0.25, 0.3) is 0 Å². The Bertz CT molecular complexity index is 437. The second kappa shape index (κ2) is 7.51. The number of nitrogens with one attached hydrogen (secondary N) is 1. The van der Waals surface area contributed by atoms with Crippen molar-refractivity contribution in [2.75, 3.05) is 19.7 Å². The van der Waals surface area contributed by atoms with Gasteiger partial charge in [0.2, 0.25) is 12.3 Å². The third-order valence-corrected chi connectivity index (χ3v) is 3.88. The van der Waals surface area contributed by atoms with Crippen molar-refractivity contribution in [2.24, 2.45) is 0 Å². The molecule has 0 spiro atoms. The largest absolute Gasteiger partial charge is 0.376 e. The number of aromatic nitrogens is 2. The molecule has 1 N–H and O–H groups in total. The van der Waals surface area contributed by atoms with Crippen molar-refractivity contribution in [2.45, 2.75) is 51.8 Å². The van der Waals surface area contributed by atoms with Crippen molar-refractivity contribution in [3.05, 3.63) is 12.2 Å². The molecule has 1 amide bonds. The summed E-state index contributed by atoms with van der Waals surface area (Å²) in [7, 11) is 0. The molecule has 2 rings (SSSR count). The second-order valence-electron chi connectivity index (χ2n) is 5.34. The quantitative estimate of drug-likeness (QED) is 0.848. The second-order valence-corrected chi connectivity index (χ2v) is 5.34. The lowest BCUT2D eigenvalue weighted by Gasteiger charge is -2.37. The SMILES string of the molecule is CC[C@@H]1CN([C@H](CC)C(=O)N[C@@H](C)c2ncon2)CCO1. The van der Waals surface area contributed by atoms with Crippen molar-refractivity contribution in [1.82, 2.24) is 20.4 Å². The summed E-state index contributed by atoms with van der Waals surface area (Å²) in [6.45, 7) is 8.26. The normalized spacial score (nSPS) is 22.7. The van der Waals surface area contributed by atoms with E-state index in [1.165, 1.54) is 6.39 Å². The van der Waals surface area contributed by atoms with Crippen LogP contribution in [0.5, 0.6) is 0 Å². The smallest absolute Gasteiger partial charge is 0.237 e. The zero-order chi connectivity index (χ0) is 15.2. The summed E-state index contributed by atoms with van der Waals surface area (Å²) >= 11 is 0. The van der Waals surface area contributed by atoms with Gasteiger partial charge in [0.15, 0.2) is 5.82 Å². The van der Waals surface area contributed by atoms with Gasteiger partial charge < -0.3 is 14.6 Å². The fourth-order valence-corrected chi connectivity index (χ4v) is 2.63. The molecular formula is C14H24N4O3. The highest BCUT2D eigenvalue weighted by atomic mass is 16.5. The van der Waals surface area contributed by atoms with Crippen LogP contribution in [0, 0.1) is 0 Å². The Labute approximate surface area is 125 Å². The highest BCUT2D eigenvalue weighted by Gasteiger charge is 2.30. The first-order valence-electron chi connectivity index (χ1n) is 7.58. The van der Waals surface area contributed by atoms with Crippen LogP contribution in [0.4, 0.5) is 0 Å².